The van der Waals surface area contributed by atoms with Gasteiger partial charge in [0.2, 0.25) is 0 Å². The molecule has 1 aliphatic heterocycles. The third-order valence-corrected chi connectivity index (χ3v) is 5.71. The number of nitrogens with zero attached hydrogens (tertiary/aromatic N) is 4. The summed E-state index contributed by atoms with van der Waals surface area (Å²) >= 11 is 0. The van der Waals surface area contributed by atoms with E-state index < -0.39 is 0 Å². The minimum absolute atomic E-state index is 0.0610. The molecule has 0 radical (unpaired) electrons. The van der Waals surface area contributed by atoms with Gasteiger partial charge in [-0.1, -0.05) is 24.3 Å². The van der Waals surface area contributed by atoms with Gasteiger partial charge < -0.3 is 24.5 Å². The number of amides is 1. The van der Waals surface area contributed by atoms with Crippen LogP contribution < -0.4 is 14.8 Å². The zero-order valence-electron chi connectivity index (χ0n) is 18.9. The van der Waals surface area contributed by atoms with E-state index in [0.717, 1.165) is 36.7 Å². The fourth-order valence-corrected chi connectivity index (χ4v) is 3.93. The Hall–Kier alpha value is -3.59. The van der Waals surface area contributed by atoms with Gasteiger partial charge in [-0.05, 0) is 25.1 Å². The Bertz CT molecular complexity index is 1090. The van der Waals surface area contributed by atoms with Crippen LogP contribution in [0.25, 0.3) is 0 Å². The van der Waals surface area contributed by atoms with Crippen molar-refractivity contribution in [2.75, 3.05) is 26.8 Å². The monoisotopic (exact) mass is 451 g/mol. The first kappa shape index (κ1) is 22.6. The number of aromatic hydroxyl groups is 1. The van der Waals surface area contributed by atoms with E-state index in [-0.39, 0.29) is 24.3 Å². The molecule has 0 spiro atoms. The molecule has 2 N–H and O–H groups in total. The molecule has 1 aromatic heterocycles. The number of ether oxygens (including phenoxy) is 2. The Balaban J connectivity index is 1.34. The molecule has 1 atom stereocenters. The van der Waals surface area contributed by atoms with Crippen molar-refractivity contribution < 1.29 is 19.4 Å². The molecule has 0 bridgehead atoms. The minimum atomic E-state index is -0.296. The molecular formula is C24H29N5O4. The number of carbonyl (C=O) groups excluding carboxylic acids is 1. The average Bonchev–Trinajstić information content (AvgIpc) is 3.13. The summed E-state index contributed by atoms with van der Waals surface area (Å²) in [5, 5.41) is 21.9. The van der Waals surface area contributed by atoms with E-state index in [1.807, 2.05) is 49.4 Å². The third kappa shape index (κ3) is 5.61. The van der Waals surface area contributed by atoms with E-state index in [4.69, 9.17) is 9.47 Å². The maximum absolute atomic E-state index is 12.4. The summed E-state index contributed by atoms with van der Waals surface area (Å²) in [6, 6.07) is 14.3. The highest BCUT2D eigenvalue weighted by molar-refractivity contribution is 5.77. The standard InChI is InChI=1S/C24H29N5O4/c1-17(25-23(31)16-33-19-6-4-3-5-7-19)24-27-26-22-10-11-28(12-13-29(22)24)15-18-8-9-20(32-2)14-21(18)30/h3-9,14,17,30H,10-13,15-16H2,1-2H3,(H,25,31)/t17-/m0/s1. The summed E-state index contributed by atoms with van der Waals surface area (Å²) in [6.07, 6.45) is 0.738. The molecule has 0 fully saturated rings. The van der Waals surface area contributed by atoms with Crippen LogP contribution in [0.1, 0.15) is 30.2 Å². The summed E-state index contributed by atoms with van der Waals surface area (Å²) in [5.74, 6) is 2.93. The molecule has 0 saturated carbocycles. The number of hydrogen-bond acceptors (Lipinski definition) is 7. The number of benzene rings is 2. The van der Waals surface area contributed by atoms with Crippen LogP contribution in [0, 0.1) is 0 Å². The normalized spacial score (nSPS) is 14.7. The highest BCUT2D eigenvalue weighted by Crippen LogP contribution is 2.25. The average molecular weight is 452 g/mol. The molecule has 9 heteroatoms. The second kappa shape index (κ2) is 10.4. The predicted molar refractivity (Wildman–Crippen MR) is 122 cm³/mol. The third-order valence-electron chi connectivity index (χ3n) is 5.71. The van der Waals surface area contributed by atoms with Gasteiger partial charge in [0.1, 0.15) is 23.1 Å². The van der Waals surface area contributed by atoms with E-state index >= 15 is 0 Å². The molecule has 1 aliphatic rings. The van der Waals surface area contributed by atoms with Crippen molar-refractivity contribution in [3.63, 3.8) is 0 Å². The SMILES string of the molecule is COc1ccc(CN2CCc3nnc([C@H](C)NC(=O)COc4ccccc4)n3CC2)c(O)c1. The first-order valence-electron chi connectivity index (χ1n) is 11.0. The lowest BCUT2D eigenvalue weighted by Gasteiger charge is -2.21. The first-order valence-corrected chi connectivity index (χ1v) is 11.0. The summed E-state index contributed by atoms with van der Waals surface area (Å²) in [7, 11) is 1.58. The van der Waals surface area contributed by atoms with Crippen LogP contribution >= 0.6 is 0 Å². The highest BCUT2D eigenvalue weighted by Gasteiger charge is 2.23. The number of carbonyl (C=O) groups is 1. The topological polar surface area (TPSA) is 102 Å². The summed E-state index contributed by atoms with van der Waals surface area (Å²) in [6.45, 7) is 4.75. The second-order valence-corrected chi connectivity index (χ2v) is 8.04. The lowest BCUT2D eigenvalue weighted by Crippen LogP contribution is -2.33. The van der Waals surface area contributed by atoms with E-state index in [0.29, 0.717) is 24.6 Å². The first-order chi connectivity index (χ1) is 16.0. The molecule has 3 aromatic rings. The van der Waals surface area contributed by atoms with Gasteiger partial charge in [0.15, 0.2) is 12.4 Å². The fourth-order valence-electron chi connectivity index (χ4n) is 3.93. The zero-order chi connectivity index (χ0) is 23.2. The maximum atomic E-state index is 12.4. The molecule has 33 heavy (non-hydrogen) atoms. The number of phenols is 1. The predicted octanol–water partition coefficient (Wildman–Crippen LogP) is 2.31. The summed E-state index contributed by atoms with van der Waals surface area (Å²) < 4.78 is 12.8. The van der Waals surface area contributed by atoms with Crippen molar-refractivity contribution >= 4 is 5.91 Å². The van der Waals surface area contributed by atoms with Gasteiger partial charge in [0.05, 0.1) is 13.2 Å². The fraction of sp³-hybridized carbons (Fsp3) is 0.375. The van der Waals surface area contributed by atoms with Crippen molar-refractivity contribution in [3.8, 4) is 17.2 Å². The van der Waals surface area contributed by atoms with Crippen molar-refractivity contribution in [3.05, 3.63) is 65.7 Å². The van der Waals surface area contributed by atoms with Gasteiger partial charge in [-0.15, -0.1) is 10.2 Å². The summed E-state index contributed by atoms with van der Waals surface area (Å²) in [5.41, 5.74) is 0.854. The van der Waals surface area contributed by atoms with Gasteiger partial charge in [0, 0.05) is 44.2 Å². The Morgan fingerprint density at radius 1 is 1.12 bits per heavy atom. The minimum Gasteiger partial charge on any atom is -0.507 e. The molecule has 0 aliphatic carbocycles. The number of methoxy groups -OCH3 is 1. The van der Waals surface area contributed by atoms with Crippen LogP contribution in [0.15, 0.2) is 48.5 Å². The number of aromatic nitrogens is 3. The highest BCUT2D eigenvalue weighted by atomic mass is 16.5. The molecule has 174 valence electrons. The number of phenolic OH excluding ortho intramolecular Hbond substituents is 1. The molecule has 0 saturated heterocycles. The number of rotatable bonds is 8. The Morgan fingerprint density at radius 3 is 2.70 bits per heavy atom. The van der Waals surface area contributed by atoms with Crippen molar-refractivity contribution in [2.24, 2.45) is 0 Å². The van der Waals surface area contributed by atoms with E-state index in [9.17, 15) is 9.90 Å². The van der Waals surface area contributed by atoms with Gasteiger partial charge >= 0.3 is 0 Å². The largest absolute Gasteiger partial charge is 0.507 e. The zero-order valence-corrected chi connectivity index (χ0v) is 18.9. The van der Waals surface area contributed by atoms with Crippen LogP contribution in [0.3, 0.4) is 0 Å². The molecule has 4 rings (SSSR count). The maximum Gasteiger partial charge on any atom is 0.258 e. The van der Waals surface area contributed by atoms with Crippen LogP contribution in [0.5, 0.6) is 17.2 Å². The van der Waals surface area contributed by atoms with E-state index in [1.165, 1.54) is 0 Å². The smallest absolute Gasteiger partial charge is 0.258 e. The van der Waals surface area contributed by atoms with E-state index in [2.05, 4.69) is 25.0 Å². The molecule has 0 unspecified atom stereocenters. The molecule has 1 amide bonds. The Morgan fingerprint density at radius 2 is 1.94 bits per heavy atom. The van der Waals surface area contributed by atoms with Crippen molar-refractivity contribution in [1.82, 2.24) is 25.0 Å². The molecule has 2 aromatic carbocycles. The van der Waals surface area contributed by atoms with Gasteiger partial charge in [-0.3, -0.25) is 9.69 Å². The lowest BCUT2D eigenvalue weighted by atomic mass is 10.1. The van der Waals surface area contributed by atoms with Gasteiger partial charge in [0.25, 0.3) is 5.91 Å². The summed E-state index contributed by atoms with van der Waals surface area (Å²) in [4.78, 5) is 14.6. The Kier molecular flexibility index (Phi) is 7.09. The van der Waals surface area contributed by atoms with Crippen LogP contribution in [0.2, 0.25) is 0 Å². The van der Waals surface area contributed by atoms with E-state index in [1.54, 1.807) is 13.2 Å². The quantitative estimate of drug-likeness (QED) is 0.542. The lowest BCUT2D eigenvalue weighted by molar-refractivity contribution is -0.123. The second-order valence-electron chi connectivity index (χ2n) is 8.04. The Labute approximate surface area is 193 Å². The number of fused-ring (bicyclic) bond motifs is 1. The number of nitrogens with one attached hydrogen (secondary N) is 1. The van der Waals surface area contributed by atoms with Crippen LogP contribution in [-0.2, 0) is 24.3 Å². The molecule has 2 heterocycles. The molecule has 9 nitrogen and oxygen atoms in total. The van der Waals surface area contributed by atoms with Crippen molar-refractivity contribution in [2.45, 2.75) is 32.5 Å². The van der Waals surface area contributed by atoms with Gasteiger partial charge in [-0.25, -0.2) is 0 Å². The number of para-hydroxylation sites is 1. The van der Waals surface area contributed by atoms with Gasteiger partial charge in [-0.2, -0.15) is 0 Å². The molecular weight excluding hydrogens is 422 g/mol. The van der Waals surface area contributed by atoms with Crippen LogP contribution in [-0.4, -0.2) is 57.5 Å². The number of hydrogen-bond donors (Lipinski definition) is 2. The van der Waals surface area contributed by atoms with Crippen LogP contribution in [0.4, 0.5) is 0 Å². The van der Waals surface area contributed by atoms with Crippen molar-refractivity contribution in [1.29, 1.82) is 0 Å².